The van der Waals surface area contributed by atoms with Crippen LogP contribution in [0.3, 0.4) is 0 Å². The Balaban J connectivity index is 1.29. The quantitative estimate of drug-likeness (QED) is 0.573. The number of amides is 2. The van der Waals surface area contributed by atoms with E-state index in [2.05, 4.69) is 5.32 Å². The van der Waals surface area contributed by atoms with Crippen molar-refractivity contribution in [1.29, 1.82) is 0 Å². The lowest BCUT2D eigenvalue weighted by Gasteiger charge is -2.19. The van der Waals surface area contributed by atoms with E-state index in [0.29, 0.717) is 25.2 Å². The van der Waals surface area contributed by atoms with E-state index in [1.807, 2.05) is 58.3 Å². The summed E-state index contributed by atoms with van der Waals surface area (Å²) in [5, 5.41) is 2.96. The molecule has 0 saturated carbocycles. The van der Waals surface area contributed by atoms with E-state index in [9.17, 15) is 9.59 Å². The molecule has 3 aromatic rings. The van der Waals surface area contributed by atoms with Gasteiger partial charge in [0.2, 0.25) is 5.91 Å². The summed E-state index contributed by atoms with van der Waals surface area (Å²) in [6, 6.07) is 14.9. The number of likely N-dealkylation sites (tertiary alicyclic amines) is 1. The number of hydrogen-bond acceptors (Lipinski definition) is 5. The smallest absolute Gasteiger partial charge is 0.253 e. The van der Waals surface area contributed by atoms with Crippen molar-refractivity contribution >= 4 is 11.8 Å². The van der Waals surface area contributed by atoms with Crippen molar-refractivity contribution in [3.05, 3.63) is 83.7 Å². The van der Waals surface area contributed by atoms with Gasteiger partial charge in [-0.05, 0) is 54.8 Å². The van der Waals surface area contributed by atoms with Gasteiger partial charge in [-0.3, -0.25) is 14.5 Å². The van der Waals surface area contributed by atoms with Crippen LogP contribution in [0.5, 0.6) is 0 Å². The number of carbonyl (C=O) groups excluding carboxylic acids is 2. The zero-order chi connectivity index (χ0) is 21.5. The second-order valence-electron chi connectivity index (χ2n) is 7.78. The molecule has 0 radical (unpaired) electrons. The van der Waals surface area contributed by atoms with Gasteiger partial charge in [-0.2, -0.15) is 0 Å². The molecule has 1 aromatic carbocycles. The summed E-state index contributed by atoms with van der Waals surface area (Å²) in [7, 11) is 0. The molecule has 0 aliphatic carbocycles. The molecular weight excluding hydrogens is 394 g/mol. The van der Waals surface area contributed by atoms with Crippen LogP contribution in [0.4, 0.5) is 0 Å². The number of carbonyl (C=O) groups is 2. The molecule has 0 bridgehead atoms. The molecule has 1 fully saturated rings. The first kappa shape index (κ1) is 20.9. The van der Waals surface area contributed by atoms with Gasteiger partial charge in [-0.1, -0.05) is 12.1 Å². The highest BCUT2D eigenvalue weighted by Gasteiger charge is 2.19. The van der Waals surface area contributed by atoms with Crippen molar-refractivity contribution in [2.45, 2.75) is 32.5 Å². The lowest BCUT2D eigenvalue weighted by Crippen LogP contribution is -2.36. The van der Waals surface area contributed by atoms with Gasteiger partial charge in [0.15, 0.2) is 0 Å². The number of rotatable bonds is 9. The maximum atomic E-state index is 12.6. The molecule has 31 heavy (non-hydrogen) atoms. The standard InChI is InChI=1S/C24H27N3O4/c28-23(18-26(16-21-5-3-13-30-21)17-22-6-4-14-31-22)25-15-19-7-9-20(10-8-19)24(29)27-11-1-2-12-27/h3-10,13-14H,1-2,11-12,15-18H2,(H,25,28). The highest BCUT2D eigenvalue weighted by atomic mass is 16.3. The Hall–Kier alpha value is -3.32. The monoisotopic (exact) mass is 421 g/mol. The van der Waals surface area contributed by atoms with Crippen molar-refractivity contribution < 1.29 is 18.4 Å². The Kier molecular flexibility index (Phi) is 6.84. The van der Waals surface area contributed by atoms with Crippen molar-refractivity contribution in [3.8, 4) is 0 Å². The largest absolute Gasteiger partial charge is 0.468 e. The lowest BCUT2D eigenvalue weighted by molar-refractivity contribution is -0.122. The number of nitrogens with zero attached hydrogens (tertiary/aromatic N) is 2. The molecule has 2 amide bonds. The number of furan rings is 2. The minimum Gasteiger partial charge on any atom is -0.468 e. The second-order valence-corrected chi connectivity index (χ2v) is 7.78. The predicted octanol–water partition coefficient (Wildman–Crippen LogP) is 3.43. The summed E-state index contributed by atoms with van der Waals surface area (Å²) in [4.78, 5) is 28.9. The van der Waals surface area contributed by atoms with Crippen LogP contribution in [-0.4, -0.2) is 41.2 Å². The number of benzene rings is 1. The summed E-state index contributed by atoms with van der Waals surface area (Å²) in [6.45, 7) is 3.31. The van der Waals surface area contributed by atoms with Crippen LogP contribution in [0.15, 0.2) is 69.9 Å². The number of hydrogen-bond donors (Lipinski definition) is 1. The van der Waals surface area contributed by atoms with Crippen LogP contribution in [0, 0.1) is 0 Å². The SMILES string of the molecule is O=C(CN(Cc1ccco1)Cc1ccco1)NCc1ccc(C(=O)N2CCCC2)cc1. The molecule has 4 rings (SSSR count). The molecule has 1 N–H and O–H groups in total. The van der Waals surface area contributed by atoms with E-state index in [-0.39, 0.29) is 18.4 Å². The van der Waals surface area contributed by atoms with E-state index in [1.54, 1.807) is 12.5 Å². The molecule has 1 aliphatic heterocycles. The van der Waals surface area contributed by atoms with E-state index in [1.165, 1.54) is 0 Å². The minimum absolute atomic E-state index is 0.0829. The Morgan fingerprint density at radius 2 is 1.52 bits per heavy atom. The average molecular weight is 421 g/mol. The molecule has 1 aliphatic rings. The Bertz CT molecular complexity index is 923. The molecule has 0 atom stereocenters. The zero-order valence-corrected chi connectivity index (χ0v) is 17.5. The van der Waals surface area contributed by atoms with Gasteiger partial charge < -0.3 is 19.1 Å². The first-order valence-corrected chi connectivity index (χ1v) is 10.6. The fourth-order valence-electron chi connectivity index (χ4n) is 3.74. The zero-order valence-electron chi connectivity index (χ0n) is 17.5. The Morgan fingerprint density at radius 1 is 0.903 bits per heavy atom. The van der Waals surface area contributed by atoms with Gasteiger partial charge in [-0.25, -0.2) is 0 Å². The first-order chi connectivity index (χ1) is 15.2. The highest BCUT2D eigenvalue weighted by molar-refractivity contribution is 5.94. The van der Waals surface area contributed by atoms with Crippen molar-refractivity contribution in [2.75, 3.05) is 19.6 Å². The summed E-state index contributed by atoms with van der Waals surface area (Å²) < 4.78 is 10.9. The summed E-state index contributed by atoms with van der Waals surface area (Å²) >= 11 is 0. The van der Waals surface area contributed by atoms with Crippen molar-refractivity contribution in [2.24, 2.45) is 0 Å². The topological polar surface area (TPSA) is 78.9 Å². The van der Waals surface area contributed by atoms with E-state index in [4.69, 9.17) is 8.83 Å². The minimum atomic E-state index is -0.0877. The summed E-state index contributed by atoms with van der Waals surface area (Å²) in [6.07, 6.45) is 5.40. The van der Waals surface area contributed by atoms with Gasteiger partial charge in [-0.15, -0.1) is 0 Å². The van der Waals surface area contributed by atoms with E-state index >= 15 is 0 Å². The highest BCUT2D eigenvalue weighted by Crippen LogP contribution is 2.14. The van der Waals surface area contributed by atoms with Crippen molar-refractivity contribution in [3.63, 3.8) is 0 Å². The first-order valence-electron chi connectivity index (χ1n) is 10.6. The van der Waals surface area contributed by atoms with Crippen LogP contribution in [0.25, 0.3) is 0 Å². The van der Waals surface area contributed by atoms with Crippen LogP contribution < -0.4 is 5.32 Å². The lowest BCUT2D eigenvalue weighted by atomic mass is 10.1. The van der Waals surface area contributed by atoms with Gasteiger partial charge >= 0.3 is 0 Å². The Labute approximate surface area is 181 Å². The van der Waals surface area contributed by atoms with Gasteiger partial charge in [0, 0.05) is 25.2 Å². The maximum absolute atomic E-state index is 12.6. The van der Waals surface area contributed by atoms with Crippen LogP contribution in [0.2, 0.25) is 0 Å². The summed E-state index contributed by atoms with van der Waals surface area (Å²) in [5.41, 5.74) is 1.65. The normalized spacial score (nSPS) is 13.6. The van der Waals surface area contributed by atoms with Gasteiger partial charge in [0.25, 0.3) is 5.91 Å². The molecule has 1 saturated heterocycles. The molecule has 2 aromatic heterocycles. The van der Waals surface area contributed by atoms with Crippen LogP contribution >= 0.6 is 0 Å². The van der Waals surface area contributed by atoms with Crippen LogP contribution in [-0.2, 0) is 24.4 Å². The predicted molar refractivity (Wildman–Crippen MR) is 115 cm³/mol. The molecular formula is C24H27N3O4. The molecule has 0 unspecified atom stereocenters. The third-order valence-electron chi connectivity index (χ3n) is 5.37. The average Bonchev–Trinajstić information content (AvgIpc) is 3.56. The fourth-order valence-corrected chi connectivity index (χ4v) is 3.74. The second kappa shape index (κ2) is 10.1. The van der Waals surface area contributed by atoms with Crippen molar-refractivity contribution in [1.82, 2.24) is 15.1 Å². The van der Waals surface area contributed by atoms with Gasteiger partial charge in [0.1, 0.15) is 11.5 Å². The molecule has 0 spiro atoms. The van der Waals surface area contributed by atoms with E-state index < -0.39 is 0 Å². The third-order valence-corrected chi connectivity index (χ3v) is 5.37. The van der Waals surface area contributed by atoms with Gasteiger partial charge in [0.05, 0.1) is 32.2 Å². The molecule has 7 nitrogen and oxygen atoms in total. The molecule has 7 heteroatoms. The maximum Gasteiger partial charge on any atom is 0.253 e. The van der Waals surface area contributed by atoms with Crippen LogP contribution in [0.1, 0.15) is 40.3 Å². The molecule has 162 valence electrons. The summed E-state index contributed by atoms with van der Waals surface area (Å²) in [5.74, 6) is 1.57. The third kappa shape index (κ3) is 5.86. The molecule has 3 heterocycles. The number of nitrogens with one attached hydrogen (secondary N) is 1. The Morgan fingerprint density at radius 3 is 2.06 bits per heavy atom. The van der Waals surface area contributed by atoms with E-state index in [0.717, 1.165) is 43.0 Å². The fraction of sp³-hybridized carbons (Fsp3) is 0.333.